The normalized spacial score (nSPS) is 11.8. The van der Waals surface area contributed by atoms with Crippen LogP contribution in [0.5, 0.6) is 0 Å². The maximum absolute atomic E-state index is 14.5. The number of aryl methyl sites for hydroxylation is 3. The van der Waals surface area contributed by atoms with E-state index in [4.69, 9.17) is 6.23 Å². The van der Waals surface area contributed by atoms with E-state index in [-0.39, 0.29) is 20.4 Å². The number of hydrogen-bond donors (Lipinski definition) is 2. The van der Waals surface area contributed by atoms with Gasteiger partial charge in [-0.05, 0) is 0 Å². The van der Waals surface area contributed by atoms with Crippen LogP contribution in [0, 0.1) is 50.8 Å². The van der Waals surface area contributed by atoms with Crippen molar-refractivity contribution in [2.45, 2.75) is 20.8 Å². The second-order valence-electron chi connectivity index (χ2n) is 11.7. The SMILES string of the molecule is Cc1cc[c]([Sb]([O][N+](=O)c2cc(C(=O)O)cc([N+](=O)[O-])c2)([O][N+](=O)c2cc(C(=O)O)cc([N+](=O)[O-])c2)([c]2ccc(C)cc2)[c]2ccc(C)cc2)cc1. The van der Waals surface area contributed by atoms with Crippen LogP contribution in [0.25, 0.3) is 0 Å². The molecule has 5 rings (SSSR count). The zero-order valence-electron chi connectivity index (χ0n) is 27.6. The number of rotatable bonds is 13. The molecule has 5 aromatic carbocycles. The molecule has 16 nitrogen and oxygen atoms in total. The summed E-state index contributed by atoms with van der Waals surface area (Å²) < 4.78 is 13.6. The molecular weight excluding hydrogens is 790 g/mol. The summed E-state index contributed by atoms with van der Waals surface area (Å²) in [7, 11) is 0. The molecule has 0 fully saturated rings. The fourth-order valence-corrected chi connectivity index (χ4v) is 17.7. The van der Waals surface area contributed by atoms with Gasteiger partial charge in [0.15, 0.2) is 0 Å². The molecule has 0 saturated carbocycles. The van der Waals surface area contributed by atoms with Gasteiger partial charge < -0.3 is 0 Å². The number of nitro benzene ring substituents is 2. The Morgan fingerprint density at radius 3 is 1.02 bits per heavy atom. The average molecular weight is 819 g/mol. The number of nitrogens with zero attached hydrogens (tertiary/aromatic N) is 4. The second-order valence-corrected chi connectivity index (χ2v) is 22.6. The van der Waals surface area contributed by atoms with E-state index in [1.807, 2.05) is 0 Å². The first-order valence-electron chi connectivity index (χ1n) is 15.2. The summed E-state index contributed by atoms with van der Waals surface area (Å²) in [6.45, 7) is 5.33. The van der Waals surface area contributed by atoms with Crippen molar-refractivity contribution in [3.63, 3.8) is 0 Å². The molecule has 0 unspecified atom stereocenters. The van der Waals surface area contributed by atoms with E-state index in [0.717, 1.165) is 53.1 Å². The number of benzene rings is 5. The fourth-order valence-electron chi connectivity index (χ4n) is 5.43. The summed E-state index contributed by atoms with van der Waals surface area (Å²) in [6, 6.07) is 24.1. The Bertz CT molecular complexity index is 2020. The van der Waals surface area contributed by atoms with Gasteiger partial charge in [-0.25, -0.2) is 0 Å². The molecule has 2 N–H and O–H groups in total. The van der Waals surface area contributed by atoms with Gasteiger partial charge >= 0.3 is 297 Å². The van der Waals surface area contributed by atoms with Crippen molar-refractivity contribution in [2.24, 2.45) is 0 Å². The van der Waals surface area contributed by atoms with Gasteiger partial charge in [0.25, 0.3) is 0 Å². The van der Waals surface area contributed by atoms with E-state index in [1.165, 1.54) is 0 Å². The average Bonchev–Trinajstić information content (AvgIpc) is 3.11. The van der Waals surface area contributed by atoms with E-state index in [1.54, 1.807) is 93.6 Å². The quantitative estimate of drug-likeness (QED) is 0.0876. The van der Waals surface area contributed by atoms with Crippen LogP contribution in [0.15, 0.2) is 109 Å². The van der Waals surface area contributed by atoms with Gasteiger partial charge in [-0.3, -0.25) is 0 Å². The van der Waals surface area contributed by atoms with Crippen molar-refractivity contribution in [3.05, 3.63) is 167 Å². The first-order chi connectivity index (χ1) is 24.5. The monoisotopic (exact) mass is 818 g/mol. The van der Waals surface area contributed by atoms with Gasteiger partial charge in [0.1, 0.15) is 0 Å². The zero-order valence-corrected chi connectivity index (χ0v) is 30.2. The number of carboxylic acids is 2. The summed E-state index contributed by atoms with van der Waals surface area (Å²) in [6.07, 6.45) is 0. The van der Waals surface area contributed by atoms with Crippen molar-refractivity contribution >= 4 is 63.5 Å². The molecule has 0 bridgehead atoms. The van der Waals surface area contributed by atoms with E-state index < -0.39 is 73.9 Å². The number of non-ortho nitro benzene ring substituents is 2. The van der Waals surface area contributed by atoms with E-state index >= 15 is 0 Å². The van der Waals surface area contributed by atoms with Gasteiger partial charge in [0.05, 0.1) is 0 Å². The Balaban J connectivity index is 1.94. The van der Waals surface area contributed by atoms with Crippen LogP contribution in [0.3, 0.4) is 0 Å². The van der Waals surface area contributed by atoms with Crippen LogP contribution in [0.2, 0.25) is 0 Å². The van der Waals surface area contributed by atoms with Crippen molar-refractivity contribution in [2.75, 3.05) is 0 Å². The minimum atomic E-state index is -6.94. The van der Waals surface area contributed by atoms with Gasteiger partial charge in [-0.1, -0.05) is 0 Å². The van der Waals surface area contributed by atoms with Gasteiger partial charge in [0, 0.05) is 0 Å². The second kappa shape index (κ2) is 14.0. The molecule has 0 radical (unpaired) electrons. The summed E-state index contributed by atoms with van der Waals surface area (Å²) in [5.74, 6) is -3.17. The summed E-state index contributed by atoms with van der Waals surface area (Å²) in [5.41, 5.74) is -1.77. The molecule has 0 aromatic heterocycles. The molecule has 0 heterocycles. The summed E-state index contributed by atoms with van der Waals surface area (Å²) in [5, 5.41) is 43.1. The number of nitro groups is 2. The molecule has 0 aliphatic rings. The predicted molar refractivity (Wildman–Crippen MR) is 187 cm³/mol. The van der Waals surface area contributed by atoms with Crippen molar-refractivity contribution in [1.29, 1.82) is 0 Å². The van der Waals surface area contributed by atoms with Crippen LogP contribution in [-0.4, -0.2) is 60.1 Å². The minimum absolute atomic E-state index is 0.148. The number of aromatic carboxylic acids is 2. The Labute approximate surface area is 296 Å². The van der Waals surface area contributed by atoms with Crippen LogP contribution in [-0.2, 0) is 6.23 Å². The Morgan fingerprint density at radius 1 is 0.500 bits per heavy atom. The van der Waals surface area contributed by atoms with Crippen molar-refractivity contribution in [1.82, 2.24) is 0 Å². The topological polar surface area (TPSA) is 219 Å². The third-order valence-corrected chi connectivity index (χ3v) is 21.3. The van der Waals surface area contributed by atoms with Gasteiger partial charge in [-0.2, -0.15) is 0 Å². The van der Waals surface area contributed by atoms with Crippen molar-refractivity contribution < 1.29 is 45.7 Å². The Hall–Kier alpha value is -6.54. The fraction of sp³-hybridized carbons (Fsp3) is 0.0857. The zero-order chi connectivity index (χ0) is 38.0. The van der Waals surface area contributed by atoms with Crippen molar-refractivity contribution in [3.8, 4) is 0 Å². The van der Waals surface area contributed by atoms with Gasteiger partial charge in [-0.15, -0.1) is 0 Å². The van der Waals surface area contributed by atoms with E-state index in [9.17, 15) is 49.8 Å². The molecule has 0 aliphatic heterocycles. The van der Waals surface area contributed by atoms with Gasteiger partial charge in [0.2, 0.25) is 0 Å². The summed E-state index contributed by atoms with van der Waals surface area (Å²) >= 11 is -6.94. The molecule has 52 heavy (non-hydrogen) atoms. The van der Waals surface area contributed by atoms with E-state index in [0.29, 0.717) is 0 Å². The third kappa shape index (κ3) is 6.78. The number of carboxylic acid groups (broad SMARTS) is 2. The van der Waals surface area contributed by atoms with Crippen LogP contribution in [0.1, 0.15) is 37.4 Å². The molecule has 264 valence electrons. The van der Waals surface area contributed by atoms with E-state index in [2.05, 4.69) is 0 Å². The first kappa shape index (κ1) is 36.7. The first-order valence-corrected chi connectivity index (χ1v) is 21.1. The molecule has 0 amide bonds. The number of hydrogen-bond acceptors (Lipinski definition) is 10. The molecule has 0 atom stereocenters. The Kier molecular flexibility index (Phi) is 9.89. The maximum atomic E-state index is 14.5. The van der Waals surface area contributed by atoms with Crippen LogP contribution >= 0.6 is 0 Å². The molecular formula is C35H29N4O12Sb+2. The predicted octanol–water partition coefficient (Wildman–Crippen LogP) is 5.33. The summed E-state index contributed by atoms with van der Waals surface area (Å²) in [4.78, 5) is 74.5. The molecule has 0 aliphatic carbocycles. The number of carbonyl (C=O) groups is 2. The molecule has 17 heteroatoms. The molecule has 0 saturated heterocycles. The van der Waals surface area contributed by atoms with Crippen LogP contribution < -0.4 is 10.5 Å². The molecule has 5 aromatic rings. The Morgan fingerprint density at radius 2 is 0.769 bits per heavy atom. The third-order valence-electron chi connectivity index (χ3n) is 8.11. The molecule has 0 spiro atoms. The standard InChI is InChI=1S/2C7H4N2O6.3C7H7.Sb/c2*10-7(11)4-1-5(8(12)13)3-6(2-4)9(14)15;3*1-7-5-3-2-4-6-7;/h2*1-3H,(H,10,11);3*3-6H,1H3;/q;;;;;+2. The van der Waals surface area contributed by atoms with Crippen LogP contribution in [0.4, 0.5) is 22.7 Å².